The molecule has 1 saturated heterocycles. The Morgan fingerprint density at radius 2 is 2.19 bits per heavy atom. The molecule has 1 unspecified atom stereocenters. The van der Waals surface area contributed by atoms with E-state index in [1.54, 1.807) is 18.1 Å². The molecule has 1 aromatic rings. The van der Waals surface area contributed by atoms with Gasteiger partial charge in [0.15, 0.2) is 0 Å². The molecule has 1 amide bonds. The van der Waals surface area contributed by atoms with Crippen LogP contribution < -0.4 is 11.1 Å². The van der Waals surface area contributed by atoms with Gasteiger partial charge in [0.25, 0.3) is 0 Å². The Hall–Kier alpha value is -1.89. The molecule has 3 aliphatic carbocycles. The molecule has 0 radical (unpaired) electrons. The van der Waals surface area contributed by atoms with E-state index in [0.717, 1.165) is 12.0 Å². The van der Waals surface area contributed by atoms with Crippen LogP contribution in [-0.4, -0.2) is 40.4 Å². The van der Waals surface area contributed by atoms with Crippen molar-refractivity contribution in [2.75, 3.05) is 5.73 Å². The van der Waals surface area contributed by atoms with Crippen molar-refractivity contribution in [3.63, 3.8) is 0 Å². The van der Waals surface area contributed by atoms with Crippen LogP contribution in [0.5, 0.6) is 0 Å². The maximum absolute atomic E-state index is 13.7. The van der Waals surface area contributed by atoms with E-state index in [-0.39, 0.29) is 24.0 Å². The molecule has 0 spiro atoms. The van der Waals surface area contributed by atoms with E-state index in [2.05, 4.69) is 32.7 Å². The number of nitrogens with two attached hydrogens (primary N) is 1. The van der Waals surface area contributed by atoms with Gasteiger partial charge in [0.2, 0.25) is 5.91 Å². The fourth-order valence-corrected chi connectivity index (χ4v) is 6.57. The Bertz CT molecular complexity index is 854. The van der Waals surface area contributed by atoms with Gasteiger partial charge < -0.3 is 16.2 Å². The monoisotopic (exact) mass is 441 g/mol. The van der Waals surface area contributed by atoms with E-state index in [4.69, 9.17) is 10.6 Å². The molecule has 32 heavy (non-hydrogen) atoms. The van der Waals surface area contributed by atoms with Crippen LogP contribution in [0.15, 0.2) is 36.9 Å². The highest BCUT2D eigenvalue weighted by molar-refractivity contribution is 5.82. The van der Waals surface area contributed by atoms with E-state index in [9.17, 15) is 9.90 Å². The number of aliphatic hydroxyl groups excluding tert-OH is 1. The quantitative estimate of drug-likeness (QED) is 0.445. The number of amides is 1. The molecule has 2 bridgehead atoms. The minimum absolute atomic E-state index is 0.0534. The first-order chi connectivity index (χ1) is 15.1. The molecule has 6 nitrogen and oxygen atoms in total. The molecular formula is C26H39N3O3. The number of nitrogens with zero attached hydrogens (tertiary/aromatic N) is 1. The van der Waals surface area contributed by atoms with Crippen LogP contribution >= 0.6 is 0 Å². The first-order valence-corrected chi connectivity index (χ1v) is 12.0. The molecule has 5 rings (SSSR count). The van der Waals surface area contributed by atoms with Gasteiger partial charge in [-0.2, -0.15) is 5.06 Å². The summed E-state index contributed by atoms with van der Waals surface area (Å²) in [5.41, 5.74) is 7.98. The zero-order valence-corrected chi connectivity index (χ0v) is 19.8. The highest BCUT2D eigenvalue weighted by atomic mass is 16.7. The largest absolute Gasteiger partial charge is 0.399 e. The molecule has 1 heterocycles. The summed E-state index contributed by atoms with van der Waals surface area (Å²) in [6.07, 6.45) is 3.68. The average molecular weight is 442 g/mol. The van der Waals surface area contributed by atoms with E-state index >= 15 is 0 Å². The smallest absolute Gasteiger partial charge is 0.240 e. The number of hydrogen-bond donors (Lipinski definition) is 3. The number of carbonyl (C=O) groups is 1. The lowest BCUT2D eigenvalue weighted by Gasteiger charge is -2.62. The molecule has 1 aromatic carbocycles. The van der Waals surface area contributed by atoms with Crippen LogP contribution in [0.1, 0.15) is 52.5 Å². The number of hydroxylamine groups is 2. The van der Waals surface area contributed by atoms with Crippen molar-refractivity contribution in [2.24, 2.45) is 29.1 Å². The average Bonchev–Trinajstić information content (AvgIpc) is 3.07. The van der Waals surface area contributed by atoms with E-state index in [1.807, 2.05) is 24.3 Å². The van der Waals surface area contributed by atoms with Crippen molar-refractivity contribution >= 4 is 11.6 Å². The number of hydrogen-bond acceptors (Lipinski definition) is 5. The summed E-state index contributed by atoms with van der Waals surface area (Å²) in [7, 11) is 0. The number of carbonyl (C=O) groups excluding carboxylic acids is 1. The van der Waals surface area contributed by atoms with E-state index in [0.29, 0.717) is 41.8 Å². The predicted octanol–water partition coefficient (Wildman–Crippen LogP) is 3.51. The van der Waals surface area contributed by atoms with Crippen molar-refractivity contribution in [1.29, 1.82) is 0 Å². The summed E-state index contributed by atoms with van der Waals surface area (Å²) in [6, 6.07) is 7.22. The zero-order chi connectivity index (χ0) is 23.2. The van der Waals surface area contributed by atoms with Crippen molar-refractivity contribution in [3.05, 3.63) is 42.5 Å². The molecule has 176 valence electrons. The molecule has 0 aromatic heterocycles. The number of rotatable bonds is 7. The Labute approximate surface area is 192 Å². The number of aliphatic hydroxyl groups is 1. The first-order valence-electron chi connectivity index (χ1n) is 12.0. The number of benzene rings is 1. The van der Waals surface area contributed by atoms with Gasteiger partial charge in [0.1, 0.15) is 6.04 Å². The van der Waals surface area contributed by atoms with Gasteiger partial charge >= 0.3 is 0 Å². The maximum atomic E-state index is 13.7. The summed E-state index contributed by atoms with van der Waals surface area (Å²) in [5, 5.41) is 15.7. The molecule has 4 fully saturated rings. The summed E-state index contributed by atoms with van der Waals surface area (Å²) in [4.78, 5) is 19.9. The van der Waals surface area contributed by atoms with Crippen LogP contribution in [0.4, 0.5) is 5.69 Å². The fourth-order valence-electron chi connectivity index (χ4n) is 6.57. The van der Waals surface area contributed by atoms with Gasteiger partial charge in [-0.15, -0.1) is 6.58 Å². The molecule has 6 heteroatoms. The van der Waals surface area contributed by atoms with Crippen molar-refractivity contribution < 1.29 is 14.7 Å². The Balaban J connectivity index is 1.55. The van der Waals surface area contributed by atoms with Crippen LogP contribution in [0.25, 0.3) is 0 Å². The van der Waals surface area contributed by atoms with E-state index < -0.39 is 12.1 Å². The van der Waals surface area contributed by atoms with Crippen molar-refractivity contribution in [2.45, 2.75) is 77.8 Å². The molecular weight excluding hydrogens is 402 g/mol. The van der Waals surface area contributed by atoms with Gasteiger partial charge in [-0.3, -0.25) is 9.63 Å². The number of fused-ring (bicyclic) bond motifs is 2. The summed E-state index contributed by atoms with van der Waals surface area (Å²) >= 11 is 0. The van der Waals surface area contributed by atoms with Gasteiger partial charge in [0.05, 0.1) is 18.8 Å². The van der Waals surface area contributed by atoms with Gasteiger partial charge in [-0.05, 0) is 67.1 Å². The second kappa shape index (κ2) is 8.81. The van der Waals surface area contributed by atoms with Crippen LogP contribution in [-0.2, 0) is 16.2 Å². The van der Waals surface area contributed by atoms with Crippen LogP contribution in [0.3, 0.4) is 0 Å². The number of anilines is 1. The third kappa shape index (κ3) is 4.09. The third-order valence-corrected chi connectivity index (χ3v) is 8.57. The standard InChI is InChI=1S/C26H39N3O3/c1-6-8-22-23(16(3)30)24(29(32-22)14-17-9-7-10-19(27)11-17)25(31)28-21-13-18-12-20(15(21)2)26(18,4)5/h6-7,9-11,15-16,18,20-24,30H,1,8,12-14,27H2,2-5H3,(H,28,31)/t15?,16-,18+,20-,21-,22-,23+,24-/m0/s1. The number of nitrogens with one attached hydrogen (secondary N) is 1. The fraction of sp³-hybridized carbons (Fsp3) is 0.654. The predicted molar refractivity (Wildman–Crippen MR) is 126 cm³/mol. The lowest BCUT2D eigenvalue weighted by atomic mass is 9.45. The summed E-state index contributed by atoms with van der Waals surface area (Å²) < 4.78 is 0. The molecule has 3 saturated carbocycles. The van der Waals surface area contributed by atoms with E-state index in [1.165, 1.54) is 6.42 Å². The molecule has 1 aliphatic heterocycles. The second-order valence-electron chi connectivity index (χ2n) is 10.8. The lowest BCUT2D eigenvalue weighted by Crippen LogP contribution is -2.62. The highest BCUT2D eigenvalue weighted by Gasteiger charge is 2.57. The Morgan fingerprint density at radius 1 is 1.44 bits per heavy atom. The lowest BCUT2D eigenvalue weighted by molar-refractivity contribution is -0.176. The van der Waals surface area contributed by atoms with Crippen molar-refractivity contribution in [1.82, 2.24) is 10.4 Å². The number of nitrogen functional groups attached to an aromatic ring is 1. The molecule has 4 aliphatic rings. The van der Waals surface area contributed by atoms with Crippen molar-refractivity contribution in [3.8, 4) is 0 Å². The second-order valence-corrected chi connectivity index (χ2v) is 10.8. The van der Waals surface area contributed by atoms with Gasteiger partial charge in [-0.1, -0.05) is 39.0 Å². The van der Waals surface area contributed by atoms with Gasteiger partial charge in [-0.25, -0.2) is 0 Å². The van der Waals surface area contributed by atoms with Gasteiger partial charge in [0, 0.05) is 17.6 Å². The zero-order valence-electron chi connectivity index (χ0n) is 19.8. The van der Waals surface area contributed by atoms with Crippen LogP contribution in [0, 0.1) is 29.1 Å². The normalized spacial score (nSPS) is 36.8. The SMILES string of the molecule is C=CC[C@@H]1ON(Cc2cccc(N)c2)[C@H](C(=O)N[C@H]2C[C@H]3C[C@@H](C2C)C3(C)C)[C@@H]1[C@H](C)O. The topological polar surface area (TPSA) is 87.8 Å². The Kier molecular flexibility index (Phi) is 6.40. The minimum Gasteiger partial charge on any atom is -0.399 e. The highest BCUT2D eigenvalue weighted by Crippen LogP contribution is 2.61. The first kappa shape index (κ1) is 23.3. The van der Waals surface area contributed by atoms with Crippen LogP contribution in [0.2, 0.25) is 0 Å². The third-order valence-electron chi connectivity index (χ3n) is 8.57. The minimum atomic E-state index is -0.683. The molecule has 8 atom stereocenters. The summed E-state index contributed by atoms with van der Waals surface area (Å²) in [6.45, 7) is 13.0. The molecule has 4 N–H and O–H groups in total. The Morgan fingerprint density at radius 3 is 2.78 bits per heavy atom. The summed E-state index contributed by atoms with van der Waals surface area (Å²) in [5.74, 6) is 1.37. The maximum Gasteiger partial charge on any atom is 0.240 e.